The fourth-order valence-corrected chi connectivity index (χ4v) is 2.80. The zero-order chi connectivity index (χ0) is 16.2. The lowest BCUT2D eigenvalue weighted by Gasteiger charge is -2.29. The molecule has 0 aromatic heterocycles. The predicted octanol–water partition coefficient (Wildman–Crippen LogP) is 4.11. The second kappa shape index (κ2) is 6.60. The molecule has 1 atom stereocenters. The van der Waals surface area contributed by atoms with Crippen molar-refractivity contribution in [3.8, 4) is 0 Å². The average Bonchev–Trinajstić information content (AvgIpc) is 2.48. The fraction of sp³-hybridized carbons (Fsp3) is 0.294. The van der Waals surface area contributed by atoms with Crippen molar-refractivity contribution in [2.75, 3.05) is 0 Å². The number of rotatable bonds is 5. The normalized spacial score (nSPS) is 13.8. The van der Waals surface area contributed by atoms with Gasteiger partial charge in [0.05, 0.1) is 4.90 Å². The molecule has 0 aliphatic heterocycles. The fourth-order valence-electron chi connectivity index (χ4n) is 2.05. The highest BCUT2D eigenvalue weighted by molar-refractivity contribution is 7.86. The van der Waals surface area contributed by atoms with E-state index in [0.717, 1.165) is 5.56 Å². The first kappa shape index (κ1) is 16.7. The van der Waals surface area contributed by atoms with Crippen LogP contribution in [-0.2, 0) is 19.3 Å². The Morgan fingerprint density at radius 1 is 0.864 bits per heavy atom. The Balaban J connectivity index is 2.20. The van der Waals surface area contributed by atoms with Crippen molar-refractivity contribution in [1.82, 2.24) is 0 Å². The van der Waals surface area contributed by atoms with Crippen LogP contribution in [0.15, 0.2) is 65.6 Å². The molecule has 2 rings (SSSR count). The summed E-state index contributed by atoms with van der Waals surface area (Å²) < 4.78 is 29.1. The minimum atomic E-state index is -3.95. The molecule has 0 spiro atoms. The highest BCUT2D eigenvalue weighted by Gasteiger charge is 2.30. The molecule has 1 unspecified atom stereocenters. The Kier molecular flexibility index (Phi) is 5.01. The van der Waals surface area contributed by atoms with Gasteiger partial charge in [0.1, 0.15) is 6.10 Å². The van der Waals surface area contributed by atoms with Gasteiger partial charge >= 0.3 is 10.1 Å². The largest absolute Gasteiger partial charge is 0.323 e. The van der Waals surface area contributed by atoms with Gasteiger partial charge in [0, 0.05) is 0 Å². The lowest BCUT2D eigenvalue weighted by Crippen LogP contribution is -2.23. The maximum atomic E-state index is 12.1. The highest BCUT2D eigenvalue weighted by atomic mass is 32.2. The monoisotopic (exact) mass is 320 g/mol. The van der Waals surface area contributed by atoms with Crippen LogP contribution in [0, 0.1) is 5.41 Å². The van der Waals surface area contributed by atoms with Crippen LogP contribution in [0.25, 0.3) is 0 Å². The van der Waals surface area contributed by atoms with Gasteiger partial charge in [-0.3, -0.25) is 0 Å². The van der Waals surface area contributed by atoms with E-state index in [0.29, 0.717) is 0 Å². The third-order valence-electron chi connectivity index (χ3n) is 3.15. The van der Waals surface area contributed by atoms with Crippen LogP contribution in [0.5, 0.6) is 0 Å². The molecule has 4 nitrogen and oxygen atoms in total. The van der Waals surface area contributed by atoms with Gasteiger partial charge in [-0.25, -0.2) is 4.89 Å². The lowest BCUT2D eigenvalue weighted by atomic mass is 9.85. The van der Waals surface area contributed by atoms with Crippen LogP contribution in [0.4, 0.5) is 0 Å². The molecular formula is C17H20O4S. The molecule has 0 aliphatic rings. The smallest absolute Gasteiger partial charge is 0.211 e. The van der Waals surface area contributed by atoms with Gasteiger partial charge in [-0.15, -0.1) is 4.33 Å². The Morgan fingerprint density at radius 3 is 1.86 bits per heavy atom. The topological polar surface area (TPSA) is 52.6 Å². The van der Waals surface area contributed by atoms with Gasteiger partial charge in [0.15, 0.2) is 0 Å². The van der Waals surface area contributed by atoms with E-state index in [9.17, 15) is 8.42 Å². The molecule has 22 heavy (non-hydrogen) atoms. The molecule has 0 saturated carbocycles. The minimum Gasteiger partial charge on any atom is -0.211 e. The summed E-state index contributed by atoms with van der Waals surface area (Å²) in [4.78, 5) is 5.39. The molecule has 0 heterocycles. The van der Waals surface area contributed by atoms with Crippen molar-refractivity contribution in [2.24, 2.45) is 5.41 Å². The van der Waals surface area contributed by atoms with Crippen LogP contribution in [0.3, 0.4) is 0 Å². The molecule has 0 N–H and O–H groups in total. The summed E-state index contributed by atoms with van der Waals surface area (Å²) in [6.45, 7) is 5.88. The summed E-state index contributed by atoms with van der Waals surface area (Å²) >= 11 is 0. The van der Waals surface area contributed by atoms with Crippen LogP contribution >= 0.6 is 0 Å². The van der Waals surface area contributed by atoms with Crippen molar-refractivity contribution >= 4 is 10.1 Å². The Labute approximate surface area is 131 Å². The zero-order valence-corrected chi connectivity index (χ0v) is 13.7. The van der Waals surface area contributed by atoms with Crippen LogP contribution < -0.4 is 0 Å². The van der Waals surface area contributed by atoms with Crippen LogP contribution in [0.1, 0.15) is 32.4 Å². The molecule has 0 bridgehead atoms. The SMILES string of the molecule is CC(C)(C)C(OOS(=O)(=O)c1ccccc1)c1ccccc1. The molecule has 0 amide bonds. The Bertz CT molecular complexity index is 688. The second-order valence-corrected chi connectivity index (χ2v) is 7.60. The molecule has 0 radical (unpaired) electrons. The van der Waals surface area contributed by atoms with E-state index in [2.05, 4.69) is 0 Å². The van der Waals surface area contributed by atoms with Crippen molar-refractivity contribution < 1.29 is 17.6 Å². The summed E-state index contributed by atoms with van der Waals surface area (Å²) in [5.41, 5.74) is 0.534. The first-order chi connectivity index (χ1) is 10.3. The van der Waals surface area contributed by atoms with E-state index in [-0.39, 0.29) is 10.3 Å². The van der Waals surface area contributed by atoms with Crippen molar-refractivity contribution in [3.05, 3.63) is 66.2 Å². The number of hydrogen-bond acceptors (Lipinski definition) is 4. The maximum Gasteiger partial charge on any atom is 0.323 e. The molecule has 5 heteroatoms. The van der Waals surface area contributed by atoms with Gasteiger partial charge in [-0.1, -0.05) is 69.3 Å². The number of benzene rings is 2. The standard InChI is InChI=1S/C17H20O4S/c1-17(2,3)16(14-10-6-4-7-11-14)20-21-22(18,19)15-12-8-5-9-13-15/h4-13,16H,1-3H3. The molecule has 2 aromatic rings. The lowest BCUT2D eigenvalue weighted by molar-refractivity contribution is -0.268. The van der Waals surface area contributed by atoms with E-state index in [1.54, 1.807) is 18.2 Å². The predicted molar refractivity (Wildman–Crippen MR) is 84.4 cm³/mol. The maximum absolute atomic E-state index is 12.1. The third-order valence-corrected chi connectivity index (χ3v) is 4.25. The zero-order valence-electron chi connectivity index (χ0n) is 12.9. The quantitative estimate of drug-likeness (QED) is 0.614. The molecule has 2 aromatic carbocycles. The highest BCUT2D eigenvalue weighted by Crippen LogP contribution is 2.36. The van der Waals surface area contributed by atoms with Crippen molar-refractivity contribution in [1.29, 1.82) is 0 Å². The first-order valence-electron chi connectivity index (χ1n) is 7.01. The van der Waals surface area contributed by atoms with Crippen molar-refractivity contribution in [2.45, 2.75) is 31.8 Å². The molecule has 0 saturated heterocycles. The third kappa shape index (κ3) is 4.16. The van der Waals surface area contributed by atoms with Gasteiger partial charge in [-0.05, 0) is 23.1 Å². The van der Waals surface area contributed by atoms with E-state index in [1.165, 1.54) is 12.1 Å². The average molecular weight is 320 g/mol. The van der Waals surface area contributed by atoms with E-state index in [4.69, 9.17) is 9.22 Å². The Hall–Kier alpha value is -1.69. The number of hydrogen-bond donors (Lipinski definition) is 0. The first-order valence-corrected chi connectivity index (χ1v) is 8.41. The summed E-state index contributed by atoms with van der Waals surface area (Å²) in [5, 5.41) is 0. The van der Waals surface area contributed by atoms with Crippen molar-refractivity contribution in [3.63, 3.8) is 0 Å². The second-order valence-electron chi connectivity index (χ2n) is 6.09. The van der Waals surface area contributed by atoms with Gasteiger partial charge < -0.3 is 0 Å². The molecule has 118 valence electrons. The van der Waals surface area contributed by atoms with E-state index < -0.39 is 16.2 Å². The molecule has 0 aliphatic carbocycles. The summed E-state index contributed by atoms with van der Waals surface area (Å²) in [5.74, 6) is 0. The summed E-state index contributed by atoms with van der Waals surface area (Å²) in [6.07, 6.45) is -0.507. The Morgan fingerprint density at radius 2 is 1.36 bits per heavy atom. The van der Waals surface area contributed by atoms with E-state index in [1.807, 2.05) is 51.1 Å². The molecular weight excluding hydrogens is 300 g/mol. The van der Waals surface area contributed by atoms with E-state index >= 15 is 0 Å². The van der Waals surface area contributed by atoms with Gasteiger partial charge in [-0.2, -0.15) is 8.42 Å². The van der Waals surface area contributed by atoms with Gasteiger partial charge in [0.25, 0.3) is 0 Å². The van der Waals surface area contributed by atoms with Crippen LogP contribution in [0.2, 0.25) is 0 Å². The minimum absolute atomic E-state index is 0.0655. The van der Waals surface area contributed by atoms with Gasteiger partial charge in [0.2, 0.25) is 0 Å². The summed E-state index contributed by atoms with van der Waals surface area (Å²) in [7, 11) is -3.95. The van der Waals surface area contributed by atoms with Crippen LogP contribution in [-0.4, -0.2) is 8.42 Å². The summed E-state index contributed by atoms with van der Waals surface area (Å²) in [6, 6.07) is 17.4. The molecule has 0 fully saturated rings.